The number of pyridine rings is 2. The van der Waals surface area contributed by atoms with Gasteiger partial charge in [-0.05, 0) is 85.6 Å². The van der Waals surface area contributed by atoms with Crippen LogP contribution >= 0.6 is 23.8 Å². The Bertz CT molecular complexity index is 1400. The summed E-state index contributed by atoms with van der Waals surface area (Å²) in [5.41, 5.74) is 5.14. The van der Waals surface area contributed by atoms with E-state index >= 15 is 0 Å². The van der Waals surface area contributed by atoms with Gasteiger partial charge in [-0.1, -0.05) is 30.7 Å². The van der Waals surface area contributed by atoms with Gasteiger partial charge in [0.2, 0.25) is 0 Å². The van der Waals surface area contributed by atoms with Crippen LogP contribution in [0.4, 0.5) is 11.4 Å². The first-order valence-electron chi connectivity index (χ1n) is 13.2. The molecule has 5 heterocycles. The molecule has 6 rings (SSSR count). The molecule has 3 aromatic heterocycles. The van der Waals surface area contributed by atoms with Crippen molar-refractivity contribution in [3.8, 4) is 0 Å². The van der Waals surface area contributed by atoms with Crippen LogP contribution in [0.2, 0.25) is 5.02 Å². The van der Waals surface area contributed by atoms with E-state index in [0.717, 1.165) is 52.5 Å². The lowest BCUT2D eigenvalue weighted by atomic mass is 9.98. The highest BCUT2D eigenvalue weighted by molar-refractivity contribution is 7.80. The second-order valence-corrected chi connectivity index (χ2v) is 11.0. The topological polar surface area (TPSA) is 49.2 Å². The Labute approximate surface area is 234 Å². The summed E-state index contributed by atoms with van der Waals surface area (Å²) >= 11 is 12.9. The van der Waals surface area contributed by atoms with E-state index in [2.05, 4.69) is 80.3 Å². The number of hydrogen-bond acceptors (Lipinski definition) is 4. The van der Waals surface area contributed by atoms with Crippen molar-refractivity contribution in [3.05, 3.63) is 107 Å². The van der Waals surface area contributed by atoms with Crippen LogP contribution in [0.3, 0.4) is 0 Å². The summed E-state index contributed by atoms with van der Waals surface area (Å²) in [5, 5.41) is 4.98. The van der Waals surface area contributed by atoms with Gasteiger partial charge >= 0.3 is 0 Å². The largest absolute Gasteiger partial charge is 0.370 e. The molecule has 194 valence electrons. The first kappa shape index (κ1) is 24.9. The first-order valence-corrected chi connectivity index (χ1v) is 14.0. The van der Waals surface area contributed by atoms with E-state index in [1.807, 2.05) is 36.7 Å². The van der Waals surface area contributed by atoms with Crippen molar-refractivity contribution in [2.24, 2.45) is 5.92 Å². The molecule has 0 radical (unpaired) electrons. The average molecular weight is 543 g/mol. The predicted molar refractivity (Wildman–Crippen MR) is 158 cm³/mol. The fourth-order valence-corrected chi connectivity index (χ4v) is 6.23. The highest BCUT2D eigenvalue weighted by atomic mass is 35.5. The molecule has 4 aromatic rings. The molecule has 2 aliphatic rings. The average Bonchev–Trinajstić information content (AvgIpc) is 3.53. The summed E-state index contributed by atoms with van der Waals surface area (Å²) in [5.74, 6) is 0.768. The maximum absolute atomic E-state index is 6.93. The van der Waals surface area contributed by atoms with Crippen LogP contribution in [0.15, 0.2) is 85.3 Å². The molecule has 38 heavy (non-hydrogen) atoms. The molecule has 0 aliphatic carbocycles. The minimum Gasteiger partial charge on any atom is -0.370 e. The van der Waals surface area contributed by atoms with Crippen LogP contribution in [0.1, 0.15) is 48.9 Å². The van der Waals surface area contributed by atoms with E-state index in [4.69, 9.17) is 28.8 Å². The van der Waals surface area contributed by atoms with Gasteiger partial charge in [-0.25, -0.2) is 0 Å². The van der Waals surface area contributed by atoms with Gasteiger partial charge in [0.25, 0.3) is 0 Å². The lowest BCUT2D eigenvalue weighted by Crippen LogP contribution is -2.33. The number of nitrogens with zero attached hydrogens (tertiary/aromatic N) is 5. The molecule has 2 fully saturated rings. The minimum absolute atomic E-state index is 0.117. The van der Waals surface area contributed by atoms with Gasteiger partial charge in [0.05, 0.1) is 34.7 Å². The van der Waals surface area contributed by atoms with E-state index < -0.39 is 0 Å². The number of benzene rings is 1. The Morgan fingerprint density at radius 1 is 0.974 bits per heavy atom. The molecule has 1 aromatic carbocycles. The molecule has 2 saturated heterocycles. The van der Waals surface area contributed by atoms with Crippen LogP contribution in [0, 0.1) is 5.92 Å². The summed E-state index contributed by atoms with van der Waals surface area (Å²) < 4.78 is 2.25. The molecular formula is C30H31ClN6S. The third kappa shape index (κ3) is 4.88. The normalized spacial score (nSPS) is 20.1. The smallest absolute Gasteiger partial charge is 0.174 e. The Balaban J connectivity index is 1.38. The molecule has 0 saturated carbocycles. The summed E-state index contributed by atoms with van der Waals surface area (Å²) in [6.07, 6.45) is 8.16. The third-order valence-corrected chi connectivity index (χ3v) is 8.28. The molecule has 0 spiro atoms. The molecule has 0 bridgehead atoms. The van der Waals surface area contributed by atoms with Crippen LogP contribution in [-0.4, -0.2) is 32.7 Å². The van der Waals surface area contributed by atoms with E-state index in [9.17, 15) is 0 Å². The minimum atomic E-state index is -0.122. The Hall–Kier alpha value is -3.42. The monoisotopic (exact) mass is 542 g/mol. The van der Waals surface area contributed by atoms with Gasteiger partial charge in [0.1, 0.15) is 6.04 Å². The lowest BCUT2D eigenvalue weighted by Gasteiger charge is -2.33. The Kier molecular flexibility index (Phi) is 7.04. The maximum atomic E-state index is 6.93. The van der Waals surface area contributed by atoms with E-state index in [0.29, 0.717) is 11.7 Å². The van der Waals surface area contributed by atoms with E-state index in [1.54, 1.807) is 0 Å². The fourth-order valence-electron chi connectivity index (χ4n) is 5.59. The number of thiocarbonyl (C=S) groups is 1. The van der Waals surface area contributed by atoms with Gasteiger partial charge < -0.3 is 19.7 Å². The van der Waals surface area contributed by atoms with Gasteiger partial charge in [-0.3, -0.25) is 9.97 Å². The standard InChI is InChI=1S/C30H31ClN6S/c1-21-12-17-35(18-13-21)26-11-10-23(19-24(26)31)37-29(28(34-30(37)38)25-8-3-5-15-33-25)27-9-6-16-36(27)20-22-7-2-4-14-32-22/h2-11,14-16,19,21,28-29H,12-13,17-18,20H2,1H3,(H,34,38). The summed E-state index contributed by atoms with van der Waals surface area (Å²) in [7, 11) is 0. The number of aromatic nitrogens is 3. The lowest BCUT2D eigenvalue weighted by molar-refractivity contribution is 0.438. The summed E-state index contributed by atoms with van der Waals surface area (Å²) in [6.45, 7) is 5.07. The van der Waals surface area contributed by atoms with Crippen molar-refractivity contribution in [1.82, 2.24) is 19.9 Å². The second kappa shape index (κ2) is 10.8. The number of rotatable bonds is 6. The Morgan fingerprint density at radius 3 is 2.47 bits per heavy atom. The van der Waals surface area contributed by atoms with Crippen molar-refractivity contribution in [3.63, 3.8) is 0 Å². The zero-order valence-electron chi connectivity index (χ0n) is 21.4. The quantitative estimate of drug-likeness (QED) is 0.285. The Morgan fingerprint density at radius 2 is 1.76 bits per heavy atom. The van der Waals surface area contributed by atoms with E-state index in [1.165, 1.54) is 12.8 Å². The van der Waals surface area contributed by atoms with E-state index in [-0.39, 0.29) is 12.1 Å². The van der Waals surface area contributed by atoms with Crippen molar-refractivity contribution >= 4 is 40.3 Å². The zero-order valence-corrected chi connectivity index (χ0v) is 22.9. The predicted octanol–water partition coefficient (Wildman–Crippen LogP) is 6.39. The zero-order chi connectivity index (χ0) is 26.1. The maximum Gasteiger partial charge on any atom is 0.174 e. The van der Waals surface area contributed by atoms with Crippen molar-refractivity contribution in [2.45, 2.75) is 38.4 Å². The van der Waals surface area contributed by atoms with Gasteiger partial charge in [-0.15, -0.1) is 0 Å². The van der Waals surface area contributed by atoms with Crippen molar-refractivity contribution in [1.29, 1.82) is 0 Å². The molecule has 0 amide bonds. The summed E-state index contributed by atoms with van der Waals surface area (Å²) in [6, 6.07) is 22.4. The number of nitrogens with one attached hydrogen (secondary N) is 1. The molecular weight excluding hydrogens is 512 g/mol. The van der Waals surface area contributed by atoms with Crippen LogP contribution in [0.25, 0.3) is 0 Å². The van der Waals surface area contributed by atoms with Crippen LogP contribution in [-0.2, 0) is 6.54 Å². The van der Waals surface area contributed by atoms with Gasteiger partial charge in [-0.2, -0.15) is 0 Å². The molecule has 6 nitrogen and oxygen atoms in total. The van der Waals surface area contributed by atoms with Gasteiger partial charge in [0.15, 0.2) is 5.11 Å². The van der Waals surface area contributed by atoms with Crippen LogP contribution < -0.4 is 15.1 Å². The SMILES string of the molecule is CC1CCN(c2ccc(N3C(=S)NC(c4ccccn4)C3c3cccn3Cc3ccccn3)cc2Cl)CC1. The first-order chi connectivity index (χ1) is 18.6. The summed E-state index contributed by atoms with van der Waals surface area (Å²) in [4.78, 5) is 13.8. The highest BCUT2D eigenvalue weighted by Crippen LogP contribution is 2.43. The number of anilines is 2. The highest BCUT2D eigenvalue weighted by Gasteiger charge is 2.42. The molecule has 2 atom stereocenters. The molecule has 8 heteroatoms. The van der Waals surface area contributed by atoms with Crippen molar-refractivity contribution in [2.75, 3.05) is 22.9 Å². The molecule has 2 unspecified atom stereocenters. The van der Waals surface area contributed by atoms with Crippen LogP contribution in [0.5, 0.6) is 0 Å². The number of halogens is 1. The van der Waals surface area contributed by atoms with Crippen molar-refractivity contribution < 1.29 is 0 Å². The van der Waals surface area contributed by atoms with Gasteiger partial charge in [0, 0.05) is 43.1 Å². The molecule has 2 aliphatic heterocycles. The fraction of sp³-hybridized carbons (Fsp3) is 0.300. The third-order valence-electron chi connectivity index (χ3n) is 7.66. The second-order valence-electron chi connectivity index (χ2n) is 10.2. The molecule has 1 N–H and O–H groups in total. The number of piperidine rings is 1. The number of hydrogen-bond donors (Lipinski definition) is 1.